The number of piperidine rings is 1. The van der Waals surface area contributed by atoms with Crippen molar-refractivity contribution in [3.63, 3.8) is 0 Å². The van der Waals surface area contributed by atoms with Crippen molar-refractivity contribution in [1.29, 1.82) is 0 Å². The zero-order valence-corrected chi connectivity index (χ0v) is 13.8. The maximum absolute atomic E-state index is 12.7. The smallest absolute Gasteiger partial charge is 0.276 e. The van der Waals surface area contributed by atoms with Gasteiger partial charge in [-0.1, -0.05) is 5.16 Å². The van der Waals surface area contributed by atoms with Gasteiger partial charge in [0.15, 0.2) is 11.5 Å². The maximum atomic E-state index is 12.7. The molecule has 2 aromatic rings. The van der Waals surface area contributed by atoms with Crippen molar-refractivity contribution in [2.45, 2.75) is 45.2 Å². The van der Waals surface area contributed by atoms with Crippen LogP contribution < -0.4 is 4.74 Å². The fraction of sp³-hybridized carbons (Fsp3) is 0.444. The van der Waals surface area contributed by atoms with Gasteiger partial charge in [-0.15, -0.1) is 0 Å². The summed E-state index contributed by atoms with van der Waals surface area (Å²) in [5.41, 5.74) is 1.24. The van der Waals surface area contributed by atoms with Gasteiger partial charge in [0.25, 0.3) is 5.91 Å². The van der Waals surface area contributed by atoms with Gasteiger partial charge in [-0.25, -0.2) is 0 Å². The van der Waals surface area contributed by atoms with E-state index in [1.54, 1.807) is 13.2 Å². The number of amides is 1. The molecule has 1 amide bonds. The molecule has 1 aliphatic rings. The number of likely N-dealkylation sites (tertiary alicyclic amines) is 1. The Bertz CT molecular complexity index is 668. The van der Waals surface area contributed by atoms with E-state index >= 15 is 0 Å². The molecular weight excluding hydrogens is 292 g/mol. The number of nitrogens with zero attached hydrogens (tertiary/aromatic N) is 2. The third-order valence-electron chi connectivity index (χ3n) is 4.53. The van der Waals surface area contributed by atoms with E-state index in [2.05, 4.69) is 19.0 Å². The van der Waals surface area contributed by atoms with Gasteiger partial charge in [0.05, 0.1) is 7.11 Å². The van der Waals surface area contributed by atoms with Crippen molar-refractivity contribution in [2.24, 2.45) is 0 Å². The molecule has 0 radical (unpaired) electrons. The van der Waals surface area contributed by atoms with Gasteiger partial charge in [0.1, 0.15) is 5.75 Å². The second kappa shape index (κ2) is 6.44. The number of rotatable bonds is 3. The standard InChI is InChI=1S/C18H22N2O3/c1-12-5-4-6-13(2)20(12)18(21)16-11-17(23-19-16)14-7-9-15(22-3)10-8-14/h7-13H,4-6H2,1-3H3/t12-,13+. The lowest BCUT2D eigenvalue weighted by Gasteiger charge is -2.38. The molecular formula is C18H22N2O3. The van der Waals surface area contributed by atoms with Crippen molar-refractivity contribution in [2.75, 3.05) is 7.11 Å². The van der Waals surface area contributed by atoms with E-state index in [1.807, 2.05) is 29.2 Å². The van der Waals surface area contributed by atoms with Crippen LogP contribution in [0.15, 0.2) is 34.9 Å². The SMILES string of the molecule is COc1ccc(-c2cc(C(=O)N3[C@H](C)CCC[C@@H]3C)no2)cc1. The molecule has 5 nitrogen and oxygen atoms in total. The summed E-state index contributed by atoms with van der Waals surface area (Å²) in [6, 6.07) is 9.69. The molecule has 122 valence electrons. The number of methoxy groups -OCH3 is 1. The fourth-order valence-electron chi connectivity index (χ4n) is 3.22. The molecule has 3 rings (SSSR count). The quantitative estimate of drug-likeness (QED) is 0.865. The zero-order chi connectivity index (χ0) is 16.4. The van der Waals surface area contributed by atoms with Crippen LogP contribution in [0.25, 0.3) is 11.3 Å². The summed E-state index contributed by atoms with van der Waals surface area (Å²) in [7, 11) is 1.63. The normalized spacial score (nSPS) is 21.3. The van der Waals surface area contributed by atoms with Crippen LogP contribution in [0.5, 0.6) is 5.75 Å². The number of ether oxygens (including phenoxy) is 1. The van der Waals surface area contributed by atoms with Gasteiger partial charge in [-0.05, 0) is 57.4 Å². The number of hydrogen-bond acceptors (Lipinski definition) is 4. The number of hydrogen-bond donors (Lipinski definition) is 0. The van der Waals surface area contributed by atoms with E-state index < -0.39 is 0 Å². The first-order valence-electron chi connectivity index (χ1n) is 8.04. The predicted octanol–water partition coefficient (Wildman–Crippen LogP) is 3.75. The van der Waals surface area contributed by atoms with Crippen LogP contribution in [0.4, 0.5) is 0 Å². The molecule has 0 bridgehead atoms. The highest BCUT2D eigenvalue weighted by Gasteiger charge is 2.31. The molecule has 23 heavy (non-hydrogen) atoms. The largest absolute Gasteiger partial charge is 0.497 e. The predicted molar refractivity (Wildman–Crippen MR) is 87.4 cm³/mol. The van der Waals surface area contributed by atoms with Gasteiger partial charge in [-0.2, -0.15) is 0 Å². The van der Waals surface area contributed by atoms with E-state index in [0.29, 0.717) is 11.5 Å². The Labute approximate surface area is 136 Å². The molecule has 1 aromatic carbocycles. The molecule has 0 spiro atoms. The summed E-state index contributed by atoms with van der Waals surface area (Å²) >= 11 is 0. The maximum Gasteiger partial charge on any atom is 0.276 e. The lowest BCUT2D eigenvalue weighted by molar-refractivity contribution is 0.0500. The molecule has 1 fully saturated rings. The van der Waals surface area contributed by atoms with E-state index in [-0.39, 0.29) is 18.0 Å². The minimum Gasteiger partial charge on any atom is -0.497 e. The molecule has 2 atom stereocenters. The van der Waals surface area contributed by atoms with Crippen molar-refractivity contribution >= 4 is 5.91 Å². The Balaban J connectivity index is 1.81. The van der Waals surface area contributed by atoms with Crippen molar-refractivity contribution < 1.29 is 14.1 Å². The number of carbonyl (C=O) groups is 1. The van der Waals surface area contributed by atoms with E-state index in [4.69, 9.17) is 9.26 Å². The summed E-state index contributed by atoms with van der Waals surface area (Å²) in [6.45, 7) is 4.19. The summed E-state index contributed by atoms with van der Waals surface area (Å²) < 4.78 is 10.5. The minimum atomic E-state index is -0.0480. The monoisotopic (exact) mass is 314 g/mol. The highest BCUT2D eigenvalue weighted by atomic mass is 16.5. The van der Waals surface area contributed by atoms with Gasteiger partial charge in [0, 0.05) is 23.7 Å². The van der Waals surface area contributed by atoms with Crippen LogP contribution in [0.3, 0.4) is 0 Å². The third-order valence-corrected chi connectivity index (χ3v) is 4.53. The van der Waals surface area contributed by atoms with Crippen LogP contribution in [0.2, 0.25) is 0 Å². The van der Waals surface area contributed by atoms with Gasteiger partial charge >= 0.3 is 0 Å². The average Bonchev–Trinajstić information content (AvgIpc) is 3.04. The number of carbonyl (C=O) groups excluding carboxylic acids is 1. The van der Waals surface area contributed by atoms with Gasteiger partial charge in [0.2, 0.25) is 0 Å². The van der Waals surface area contributed by atoms with Crippen molar-refractivity contribution in [3.8, 4) is 17.1 Å². The van der Waals surface area contributed by atoms with Gasteiger partial charge < -0.3 is 14.2 Å². The molecule has 1 aliphatic heterocycles. The number of benzene rings is 1. The molecule has 2 heterocycles. The second-order valence-corrected chi connectivity index (χ2v) is 6.15. The molecule has 0 saturated carbocycles. The lowest BCUT2D eigenvalue weighted by atomic mass is 9.97. The van der Waals surface area contributed by atoms with E-state index in [1.165, 1.54) is 6.42 Å². The Kier molecular flexibility index (Phi) is 4.37. The Morgan fingerprint density at radius 3 is 2.48 bits per heavy atom. The van der Waals surface area contributed by atoms with Crippen molar-refractivity contribution in [3.05, 3.63) is 36.0 Å². The average molecular weight is 314 g/mol. The summed E-state index contributed by atoms with van der Waals surface area (Å²) in [5, 5.41) is 3.98. The van der Waals surface area contributed by atoms with Crippen LogP contribution in [-0.2, 0) is 0 Å². The van der Waals surface area contributed by atoms with Crippen molar-refractivity contribution in [1.82, 2.24) is 10.1 Å². The first-order valence-corrected chi connectivity index (χ1v) is 8.04. The molecule has 0 N–H and O–H groups in total. The number of aromatic nitrogens is 1. The van der Waals surface area contributed by atoms with E-state index in [9.17, 15) is 4.79 Å². The fourth-order valence-corrected chi connectivity index (χ4v) is 3.22. The first kappa shape index (κ1) is 15.6. The summed E-state index contributed by atoms with van der Waals surface area (Å²) in [6.07, 6.45) is 3.25. The first-order chi connectivity index (χ1) is 11.1. The van der Waals surface area contributed by atoms with Crippen LogP contribution in [0, 0.1) is 0 Å². The highest BCUT2D eigenvalue weighted by Crippen LogP contribution is 2.27. The topological polar surface area (TPSA) is 55.6 Å². The Morgan fingerprint density at radius 2 is 1.87 bits per heavy atom. The second-order valence-electron chi connectivity index (χ2n) is 6.15. The van der Waals surface area contributed by atoms with E-state index in [0.717, 1.165) is 24.2 Å². The Morgan fingerprint density at radius 1 is 1.22 bits per heavy atom. The summed E-state index contributed by atoms with van der Waals surface area (Å²) in [5.74, 6) is 1.32. The third kappa shape index (κ3) is 3.09. The van der Waals surface area contributed by atoms with Crippen LogP contribution in [-0.4, -0.2) is 35.2 Å². The zero-order valence-electron chi connectivity index (χ0n) is 13.8. The van der Waals surface area contributed by atoms with Crippen LogP contribution >= 0.6 is 0 Å². The van der Waals surface area contributed by atoms with Crippen LogP contribution in [0.1, 0.15) is 43.6 Å². The molecule has 5 heteroatoms. The highest BCUT2D eigenvalue weighted by molar-refractivity contribution is 5.93. The molecule has 1 saturated heterocycles. The molecule has 0 unspecified atom stereocenters. The summed E-state index contributed by atoms with van der Waals surface area (Å²) in [4.78, 5) is 14.7. The Hall–Kier alpha value is -2.30. The molecule has 1 aromatic heterocycles. The minimum absolute atomic E-state index is 0.0480. The molecule has 0 aliphatic carbocycles. The van der Waals surface area contributed by atoms with Gasteiger partial charge in [-0.3, -0.25) is 4.79 Å². The lowest BCUT2D eigenvalue weighted by Crippen LogP contribution is -2.47.